The number of nitrogens with zero attached hydrogens (tertiary/aromatic N) is 1. The van der Waals surface area contributed by atoms with Crippen LogP contribution < -0.4 is 10.6 Å². The third-order valence-corrected chi connectivity index (χ3v) is 11.1. The number of carbonyl (C=O) groups is 3. The number of hydrogen-bond acceptors (Lipinski definition) is 6. The second-order valence-corrected chi connectivity index (χ2v) is 15.4. The number of ether oxygens (including phenoxy) is 2. The number of rotatable bonds is 8. The maximum Gasteiger partial charge on any atom is 0.246 e. The Kier molecular flexibility index (Phi) is 10.5. The van der Waals surface area contributed by atoms with E-state index in [0.717, 1.165) is 29.7 Å². The third kappa shape index (κ3) is 7.44. The summed E-state index contributed by atoms with van der Waals surface area (Å²) in [6.07, 6.45) is 3.57. The number of fused-ring (bicyclic) bond motifs is 3. The minimum Gasteiger partial charge on any atom is -0.365 e. The maximum absolute atomic E-state index is 14.2. The van der Waals surface area contributed by atoms with Crippen LogP contribution in [0.3, 0.4) is 0 Å². The molecule has 2 saturated heterocycles. The van der Waals surface area contributed by atoms with Crippen LogP contribution in [0.1, 0.15) is 68.8 Å². The number of amides is 3. The molecule has 0 saturated carbocycles. The Morgan fingerprint density at radius 1 is 0.938 bits per heavy atom. The average molecular weight is 668 g/mol. The molecule has 0 aromatic heterocycles. The molecule has 8 nitrogen and oxygen atoms in total. The van der Waals surface area contributed by atoms with Gasteiger partial charge in [0.15, 0.2) is 0 Å². The molecule has 6 rings (SSSR count). The molecule has 9 heteroatoms. The Labute approximate surface area is 288 Å². The molecule has 2 aliphatic heterocycles. The fourth-order valence-electron chi connectivity index (χ4n) is 7.41. The molecule has 4 aliphatic rings. The fraction of sp³-hybridized carbons (Fsp3) is 0.513. The molecule has 252 valence electrons. The summed E-state index contributed by atoms with van der Waals surface area (Å²) < 4.78 is 12.2. The predicted octanol–water partition coefficient (Wildman–Crippen LogP) is 4.21. The summed E-state index contributed by atoms with van der Waals surface area (Å²) in [4.78, 5) is 42.5. The number of benzene rings is 2. The summed E-state index contributed by atoms with van der Waals surface area (Å²) in [6, 6.07) is 14.8. The van der Waals surface area contributed by atoms with Crippen molar-refractivity contribution < 1.29 is 23.9 Å². The van der Waals surface area contributed by atoms with Gasteiger partial charge in [-0.25, -0.2) is 0 Å². The average Bonchev–Trinajstić information content (AvgIpc) is 3.68. The lowest BCUT2D eigenvalue weighted by Gasteiger charge is -2.35. The lowest BCUT2D eigenvalue weighted by Crippen LogP contribution is -2.57. The van der Waals surface area contributed by atoms with Crippen LogP contribution in [0.4, 0.5) is 0 Å². The molecule has 0 unspecified atom stereocenters. The van der Waals surface area contributed by atoms with Crippen molar-refractivity contribution in [3.05, 3.63) is 70.8 Å². The summed E-state index contributed by atoms with van der Waals surface area (Å²) in [6.45, 7) is 8.23. The van der Waals surface area contributed by atoms with E-state index in [0.29, 0.717) is 25.9 Å². The Hall–Kier alpha value is -3.76. The summed E-state index contributed by atoms with van der Waals surface area (Å²) >= 11 is 1.69. The van der Waals surface area contributed by atoms with Crippen molar-refractivity contribution >= 4 is 29.5 Å². The highest BCUT2D eigenvalue weighted by Crippen LogP contribution is 2.47. The summed E-state index contributed by atoms with van der Waals surface area (Å²) in [7, 11) is 0. The Morgan fingerprint density at radius 3 is 2.27 bits per heavy atom. The fourth-order valence-corrected chi connectivity index (χ4v) is 8.99. The van der Waals surface area contributed by atoms with E-state index >= 15 is 0 Å². The molecule has 0 spiro atoms. The van der Waals surface area contributed by atoms with Crippen LogP contribution in [0.5, 0.6) is 0 Å². The van der Waals surface area contributed by atoms with Crippen LogP contribution in [-0.4, -0.2) is 71.3 Å². The summed E-state index contributed by atoms with van der Waals surface area (Å²) in [5.41, 5.74) is 4.38. The van der Waals surface area contributed by atoms with Crippen LogP contribution >= 0.6 is 11.8 Å². The lowest BCUT2D eigenvalue weighted by molar-refractivity contribution is -0.144. The van der Waals surface area contributed by atoms with E-state index in [-0.39, 0.29) is 53.9 Å². The first kappa shape index (κ1) is 34.1. The smallest absolute Gasteiger partial charge is 0.246 e. The molecule has 0 bridgehead atoms. The van der Waals surface area contributed by atoms with Gasteiger partial charge in [0.05, 0.1) is 23.6 Å². The lowest BCUT2D eigenvalue weighted by atomic mass is 9.83. The highest BCUT2D eigenvalue weighted by Gasteiger charge is 2.55. The predicted molar refractivity (Wildman–Crippen MR) is 187 cm³/mol. The van der Waals surface area contributed by atoms with Gasteiger partial charge in [-0.1, -0.05) is 88.1 Å². The molecular weight excluding hydrogens is 623 g/mol. The first-order valence-electron chi connectivity index (χ1n) is 17.0. The SMILES string of the molecule is CC(C)C(=O)N[C@H]1CCS[C@H]2CC(C)(C)[C@@H](C(=O)N[C@H]3c4ccccc4C[C@H]3OCC#CC#CCOC3Cc4ccccc4C3)N2C1=O. The molecular formula is C39H45N3O5S. The second-order valence-electron chi connectivity index (χ2n) is 14.1. The Bertz CT molecular complexity index is 1640. The molecule has 3 amide bonds. The molecule has 2 fully saturated rings. The van der Waals surface area contributed by atoms with E-state index in [1.54, 1.807) is 16.7 Å². The van der Waals surface area contributed by atoms with Gasteiger partial charge in [0, 0.05) is 12.3 Å². The van der Waals surface area contributed by atoms with Crippen LogP contribution in [-0.2, 0) is 43.1 Å². The summed E-state index contributed by atoms with van der Waals surface area (Å²) in [5, 5.41) is 6.10. The van der Waals surface area contributed by atoms with E-state index in [4.69, 9.17) is 9.47 Å². The molecule has 2 heterocycles. The number of thioether (sulfide) groups is 1. The van der Waals surface area contributed by atoms with Gasteiger partial charge in [-0.2, -0.15) is 0 Å². The van der Waals surface area contributed by atoms with Crippen molar-refractivity contribution in [2.75, 3.05) is 19.0 Å². The monoisotopic (exact) mass is 667 g/mol. The van der Waals surface area contributed by atoms with E-state index in [2.05, 4.69) is 64.6 Å². The molecule has 0 radical (unpaired) electrons. The zero-order chi connectivity index (χ0) is 33.8. The number of hydrogen-bond donors (Lipinski definition) is 2. The van der Waals surface area contributed by atoms with E-state index in [1.807, 2.05) is 45.9 Å². The number of nitrogens with one attached hydrogen (secondary N) is 2. The van der Waals surface area contributed by atoms with Gasteiger partial charge in [-0.05, 0) is 70.9 Å². The number of carbonyl (C=O) groups excluding carboxylic acids is 3. The Balaban J connectivity index is 1.08. The molecule has 2 aromatic carbocycles. The van der Waals surface area contributed by atoms with Crippen LogP contribution in [0, 0.1) is 35.0 Å². The van der Waals surface area contributed by atoms with Crippen molar-refractivity contribution in [3.63, 3.8) is 0 Å². The van der Waals surface area contributed by atoms with Crippen LogP contribution in [0.15, 0.2) is 48.5 Å². The van der Waals surface area contributed by atoms with Gasteiger partial charge in [0.2, 0.25) is 17.7 Å². The van der Waals surface area contributed by atoms with Gasteiger partial charge < -0.3 is 25.0 Å². The standard InChI is InChI=1S/C39H45N3O5S/c1-25(2)36(43)40-31-17-20-48-33-24-39(3,4)35(42(33)38(31)45)37(44)41-34-30-16-10-9-15-28(30)23-32(34)47-19-12-6-5-11-18-46-29-21-26-13-7-8-14-27(26)22-29/h7-10,13-16,25,29,31-35H,17-24H2,1-4H3,(H,40,43)(H,41,44)/t31-,32+,33-,34-,35+/m0/s1. The van der Waals surface area contributed by atoms with Crippen molar-refractivity contribution in [1.29, 1.82) is 0 Å². The zero-order valence-corrected chi connectivity index (χ0v) is 29.0. The van der Waals surface area contributed by atoms with Gasteiger partial charge in [0.1, 0.15) is 25.3 Å². The van der Waals surface area contributed by atoms with Crippen molar-refractivity contribution in [2.24, 2.45) is 11.3 Å². The van der Waals surface area contributed by atoms with Crippen molar-refractivity contribution in [3.8, 4) is 23.7 Å². The van der Waals surface area contributed by atoms with E-state index < -0.39 is 17.5 Å². The second kappa shape index (κ2) is 14.8. The molecule has 2 aliphatic carbocycles. The van der Waals surface area contributed by atoms with Crippen LogP contribution in [0.2, 0.25) is 0 Å². The van der Waals surface area contributed by atoms with Gasteiger partial charge in [0.25, 0.3) is 0 Å². The van der Waals surface area contributed by atoms with E-state index in [1.165, 1.54) is 11.1 Å². The molecule has 2 N–H and O–H groups in total. The highest BCUT2D eigenvalue weighted by molar-refractivity contribution is 7.99. The maximum atomic E-state index is 14.2. The van der Waals surface area contributed by atoms with Crippen molar-refractivity contribution in [2.45, 2.75) is 95.5 Å². The van der Waals surface area contributed by atoms with Gasteiger partial charge >= 0.3 is 0 Å². The summed E-state index contributed by atoms with van der Waals surface area (Å²) in [5.74, 6) is 11.7. The molecule has 2 aromatic rings. The van der Waals surface area contributed by atoms with Gasteiger partial charge in [-0.15, -0.1) is 11.8 Å². The largest absolute Gasteiger partial charge is 0.365 e. The zero-order valence-electron chi connectivity index (χ0n) is 28.2. The van der Waals surface area contributed by atoms with Crippen molar-refractivity contribution in [1.82, 2.24) is 15.5 Å². The van der Waals surface area contributed by atoms with Crippen LogP contribution in [0.25, 0.3) is 0 Å². The first-order valence-corrected chi connectivity index (χ1v) is 18.1. The minimum absolute atomic E-state index is 0.122. The Morgan fingerprint density at radius 2 is 1.58 bits per heavy atom. The molecule has 48 heavy (non-hydrogen) atoms. The highest BCUT2D eigenvalue weighted by atomic mass is 32.2. The minimum atomic E-state index is -0.678. The normalized spacial score (nSPS) is 25.6. The quantitative estimate of drug-likeness (QED) is 0.410. The molecule has 5 atom stereocenters. The third-order valence-electron chi connectivity index (χ3n) is 9.88. The topological polar surface area (TPSA) is 97.0 Å². The van der Waals surface area contributed by atoms with Gasteiger partial charge in [-0.3, -0.25) is 14.4 Å². The van der Waals surface area contributed by atoms with E-state index in [9.17, 15) is 14.4 Å². The first-order chi connectivity index (χ1) is 23.1.